The Bertz CT molecular complexity index is 581. The molecular weight excluding hydrogens is 302 g/mol. The summed E-state index contributed by atoms with van der Waals surface area (Å²) in [5.74, 6) is 0.869. The van der Waals surface area contributed by atoms with Gasteiger partial charge in [0.1, 0.15) is 5.75 Å². The Morgan fingerprint density at radius 2 is 1.74 bits per heavy atom. The molecule has 100 valence electrons. The SMILES string of the molecule is COc1ccc(C)cc1NCc1ccc(C)cc1Br. The average Bonchev–Trinajstić information content (AvgIpc) is 2.38. The number of anilines is 1. The lowest BCUT2D eigenvalue weighted by atomic mass is 10.1. The van der Waals surface area contributed by atoms with E-state index >= 15 is 0 Å². The Labute approximate surface area is 122 Å². The third-order valence-corrected chi connectivity index (χ3v) is 3.77. The molecule has 0 aromatic heterocycles. The summed E-state index contributed by atoms with van der Waals surface area (Å²) in [5.41, 5.74) is 4.72. The number of benzene rings is 2. The number of halogens is 1. The molecule has 0 fully saturated rings. The molecule has 0 unspecified atom stereocenters. The molecule has 0 aliphatic heterocycles. The van der Waals surface area contributed by atoms with Gasteiger partial charge in [0, 0.05) is 11.0 Å². The third kappa shape index (κ3) is 3.51. The Morgan fingerprint density at radius 1 is 1.05 bits per heavy atom. The van der Waals surface area contributed by atoms with Crippen LogP contribution in [0.2, 0.25) is 0 Å². The first kappa shape index (κ1) is 13.9. The van der Waals surface area contributed by atoms with Gasteiger partial charge in [0.25, 0.3) is 0 Å². The predicted molar refractivity (Wildman–Crippen MR) is 83.9 cm³/mol. The van der Waals surface area contributed by atoms with E-state index in [2.05, 4.69) is 59.4 Å². The van der Waals surface area contributed by atoms with Crippen molar-refractivity contribution in [3.05, 3.63) is 57.6 Å². The van der Waals surface area contributed by atoms with Crippen molar-refractivity contribution in [2.75, 3.05) is 12.4 Å². The predicted octanol–water partition coefficient (Wildman–Crippen LogP) is 4.69. The van der Waals surface area contributed by atoms with Crippen LogP contribution in [0.15, 0.2) is 40.9 Å². The van der Waals surface area contributed by atoms with Crippen molar-refractivity contribution in [3.8, 4) is 5.75 Å². The maximum Gasteiger partial charge on any atom is 0.141 e. The normalized spacial score (nSPS) is 10.3. The number of hydrogen-bond donors (Lipinski definition) is 1. The highest BCUT2D eigenvalue weighted by molar-refractivity contribution is 9.10. The quantitative estimate of drug-likeness (QED) is 0.883. The highest BCUT2D eigenvalue weighted by Gasteiger charge is 2.04. The van der Waals surface area contributed by atoms with Gasteiger partial charge in [-0.3, -0.25) is 0 Å². The highest BCUT2D eigenvalue weighted by atomic mass is 79.9. The molecule has 0 saturated heterocycles. The van der Waals surface area contributed by atoms with Crippen molar-refractivity contribution in [1.82, 2.24) is 0 Å². The van der Waals surface area contributed by atoms with Crippen molar-refractivity contribution >= 4 is 21.6 Å². The number of nitrogens with one attached hydrogen (secondary N) is 1. The smallest absolute Gasteiger partial charge is 0.141 e. The first-order valence-corrected chi connectivity index (χ1v) is 7.03. The second-order valence-electron chi connectivity index (χ2n) is 4.65. The number of aryl methyl sites for hydroxylation is 2. The summed E-state index contributed by atoms with van der Waals surface area (Å²) in [4.78, 5) is 0. The molecule has 0 bridgehead atoms. The summed E-state index contributed by atoms with van der Waals surface area (Å²) >= 11 is 3.60. The topological polar surface area (TPSA) is 21.3 Å². The van der Waals surface area contributed by atoms with Crippen LogP contribution in [0.5, 0.6) is 5.75 Å². The molecule has 0 amide bonds. The fourth-order valence-corrected chi connectivity index (χ4v) is 2.58. The summed E-state index contributed by atoms with van der Waals surface area (Å²) in [6.45, 7) is 4.93. The van der Waals surface area contributed by atoms with Gasteiger partial charge in [-0.15, -0.1) is 0 Å². The summed E-state index contributed by atoms with van der Waals surface area (Å²) in [6, 6.07) is 12.5. The molecule has 0 heterocycles. The summed E-state index contributed by atoms with van der Waals surface area (Å²) in [6.07, 6.45) is 0. The second-order valence-corrected chi connectivity index (χ2v) is 5.51. The van der Waals surface area contributed by atoms with Crippen LogP contribution in [0.3, 0.4) is 0 Å². The van der Waals surface area contributed by atoms with Crippen LogP contribution in [0.4, 0.5) is 5.69 Å². The van der Waals surface area contributed by atoms with Crippen LogP contribution >= 0.6 is 15.9 Å². The molecule has 3 heteroatoms. The van der Waals surface area contributed by atoms with Gasteiger partial charge in [-0.2, -0.15) is 0 Å². The van der Waals surface area contributed by atoms with E-state index in [1.165, 1.54) is 16.7 Å². The average molecular weight is 320 g/mol. The van der Waals surface area contributed by atoms with E-state index in [0.29, 0.717) is 0 Å². The zero-order valence-corrected chi connectivity index (χ0v) is 13.0. The van der Waals surface area contributed by atoms with E-state index in [9.17, 15) is 0 Å². The van der Waals surface area contributed by atoms with Gasteiger partial charge in [0.15, 0.2) is 0 Å². The first-order chi connectivity index (χ1) is 9.10. The summed E-state index contributed by atoms with van der Waals surface area (Å²) in [7, 11) is 1.69. The van der Waals surface area contributed by atoms with Crippen molar-refractivity contribution < 1.29 is 4.74 Å². The molecule has 2 nitrogen and oxygen atoms in total. The van der Waals surface area contributed by atoms with Crippen LogP contribution < -0.4 is 10.1 Å². The number of methoxy groups -OCH3 is 1. The minimum absolute atomic E-state index is 0.765. The van der Waals surface area contributed by atoms with Gasteiger partial charge >= 0.3 is 0 Å². The molecule has 0 aliphatic carbocycles. The Kier molecular flexibility index (Phi) is 4.48. The lowest BCUT2D eigenvalue weighted by Gasteiger charge is -2.13. The van der Waals surface area contributed by atoms with Gasteiger partial charge in [-0.05, 0) is 48.7 Å². The van der Waals surface area contributed by atoms with E-state index in [1.807, 2.05) is 12.1 Å². The minimum atomic E-state index is 0.765. The van der Waals surface area contributed by atoms with Crippen molar-refractivity contribution in [2.45, 2.75) is 20.4 Å². The number of rotatable bonds is 4. The van der Waals surface area contributed by atoms with Crippen molar-refractivity contribution in [3.63, 3.8) is 0 Å². The molecule has 0 saturated carbocycles. The molecule has 2 aromatic carbocycles. The number of ether oxygens (including phenoxy) is 1. The minimum Gasteiger partial charge on any atom is -0.495 e. The van der Waals surface area contributed by atoms with Gasteiger partial charge in [-0.25, -0.2) is 0 Å². The van der Waals surface area contributed by atoms with Gasteiger partial charge in [0.2, 0.25) is 0 Å². The lowest BCUT2D eigenvalue weighted by Crippen LogP contribution is -2.02. The Hall–Kier alpha value is -1.48. The fourth-order valence-electron chi connectivity index (χ4n) is 1.95. The largest absolute Gasteiger partial charge is 0.495 e. The van der Waals surface area contributed by atoms with E-state index < -0.39 is 0 Å². The molecule has 0 radical (unpaired) electrons. The Morgan fingerprint density at radius 3 is 2.42 bits per heavy atom. The summed E-state index contributed by atoms with van der Waals surface area (Å²) in [5, 5.41) is 3.43. The molecule has 0 aliphatic rings. The maximum atomic E-state index is 5.36. The monoisotopic (exact) mass is 319 g/mol. The van der Waals surface area contributed by atoms with Crippen LogP contribution in [-0.4, -0.2) is 7.11 Å². The van der Waals surface area contributed by atoms with Crippen molar-refractivity contribution in [2.24, 2.45) is 0 Å². The molecule has 2 aromatic rings. The van der Waals surface area contributed by atoms with Gasteiger partial charge in [0.05, 0.1) is 12.8 Å². The molecule has 0 spiro atoms. The third-order valence-electron chi connectivity index (χ3n) is 3.03. The lowest BCUT2D eigenvalue weighted by molar-refractivity contribution is 0.416. The van der Waals surface area contributed by atoms with Crippen LogP contribution in [0, 0.1) is 13.8 Å². The van der Waals surface area contributed by atoms with E-state index in [-0.39, 0.29) is 0 Å². The molecular formula is C16H18BrNO. The van der Waals surface area contributed by atoms with Gasteiger partial charge < -0.3 is 10.1 Å². The second kappa shape index (κ2) is 6.11. The maximum absolute atomic E-state index is 5.36. The van der Waals surface area contributed by atoms with Crippen LogP contribution in [0.25, 0.3) is 0 Å². The molecule has 19 heavy (non-hydrogen) atoms. The zero-order chi connectivity index (χ0) is 13.8. The zero-order valence-electron chi connectivity index (χ0n) is 11.5. The number of hydrogen-bond acceptors (Lipinski definition) is 2. The van der Waals surface area contributed by atoms with Gasteiger partial charge in [-0.1, -0.05) is 34.1 Å². The van der Waals surface area contributed by atoms with E-state index in [1.54, 1.807) is 7.11 Å². The Balaban J connectivity index is 2.16. The molecule has 1 N–H and O–H groups in total. The van der Waals surface area contributed by atoms with E-state index in [0.717, 1.165) is 22.5 Å². The van der Waals surface area contributed by atoms with Crippen LogP contribution in [-0.2, 0) is 6.54 Å². The van der Waals surface area contributed by atoms with Crippen LogP contribution in [0.1, 0.15) is 16.7 Å². The van der Waals surface area contributed by atoms with E-state index in [4.69, 9.17) is 4.74 Å². The van der Waals surface area contributed by atoms with Crippen molar-refractivity contribution in [1.29, 1.82) is 0 Å². The fraction of sp³-hybridized carbons (Fsp3) is 0.250. The molecule has 0 atom stereocenters. The first-order valence-electron chi connectivity index (χ1n) is 6.23. The standard InChI is InChI=1S/C16H18BrNO/c1-11-4-6-13(14(17)8-11)10-18-15-9-12(2)5-7-16(15)19-3/h4-9,18H,10H2,1-3H3. The summed E-state index contributed by atoms with van der Waals surface area (Å²) < 4.78 is 6.50. The molecule has 2 rings (SSSR count). The highest BCUT2D eigenvalue weighted by Crippen LogP contribution is 2.27.